The SMILES string of the molecule is O=[N+]([O-])c1c(O)c(N=Nc2c(O)c([N+](=O)[O-])c(Cl)c([N+](=O)[O-])c2[N+](=O)[O-])c([N+](=O)[O-])c([N+](=O)[O-])c1Cl. The lowest BCUT2D eigenvalue weighted by atomic mass is 10.1. The third kappa shape index (κ3) is 4.26. The van der Waals surface area contributed by atoms with Gasteiger partial charge in [-0.05, 0) is 0 Å². The molecule has 24 heteroatoms. The minimum absolute atomic E-state index is 1.52. The topological polar surface area (TPSA) is 324 Å². The van der Waals surface area contributed by atoms with Crippen LogP contribution < -0.4 is 0 Å². The maximum atomic E-state index is 11.4. The number of nitro groups is 6. The Morgan fingerprint density at radius 2 is 0.694 bits per heavy atom. The highest BCUT2D eigenvalue weighted by Gasteiger charge is 2.45. The lowest BCUT2D eigenvalue weighted by molar-refractivity contribution is -0.424. The van der Waals surface area contributed by atoms with E-state index in [9.17, 15) is 70.9 Å². The Balaban J connectivity index is 3.15. The van der Waals surface area contributed by atoms with Crippen LogP contribution in [0.4, 0.5) is 45.5 Å². The zero-order valence-electron chi connectivity index (χ0n) is 16.1. The van der Waals surface area contributed by atoms with Crippen LogP contribution in [0.1, 0.15) is 0 Å². The van der Waals surface area contributed by atoms with Gasteiger partial charge >= 0.3 is 34.1 Å². The molecule has 36 heavy (non-hydrogen) atoms. The molecule has 0 saturated carbocycles. The van der Waals surface area contributed by atoms with E-state index in [1.54, 1.807) is 0 Å². The maximum Gasteiger partial charge on any atom is 0.379 e. The lowest BCUT2D eigenvalue weighted by Crippen LogP contribution is -2.02. The van der Waals surface area contributed by atoms with E-state index in [0.717, 1.165) is 0 Å². The van der Waals surface area contributed by atoms with Crippen molar-refractivity contribution in [2.24, 2.45) is 10.2 Å². The highest BCUT2D eigenvalue weighted by atomic mass is 35.5. The van der Waals surface area contributed by atoms with Gasteiger partial charge in [-0.1, -0.05) is 23.2 Å². The average molecular weight is 553 g/mol. The first kappa shape index (κ1) is 26.9. The molecule has 0 amide bonds. The van der Waals surface area contributed by atoms with Crippen molar-refractivity contribution in [2.45, 2.75) is 0 Å². The quantitative estimate of drug-likeness (QED) is 0.262. The standard InChI is InChI=1S/C12H2Cl2N8O14/c13-1-5(17(25)26)9(21(33)34)3(11(23)7(1)19(29)30)15-16-4-10(22(35)36)6(18(27)28)2(14)8(12(4)24)20(31)32/h23-24H. The van der Waals surface area contributed by atoms with Gasteiger partial charge in [0.25, 0.3) is 0 Å². The van der Waals surface area contributed by atoms with Crippen molar-refractivity contribution in [3.8, 4) is 11.5 Å². The normalized spacial score (nSPS) is 10.8. The number of nitro benzene ring substituents is 6. The maximum absolute atomic E-state index is 11.4. The van der Waals surface area contributed by atoms with E-state index < -0.39 is 96.6 Å². The molecule has 0 aliphatic rings. The van der Waals surface area contributed by atoms with E-state index in [2.05, 4.69) is 10.2 Å². The molecule has 0 bridgehead atoms. The fraction of sp³-hybridized carbons (Fsp3) is 0. The summed E-state index contributed by atoms with van der Waals surface area (Å²) in [5, 5.41) is 90.7. The second-order valence-electron chi connectivity index (χ2n) is 5.86. The van der Waals surface area contributed by atoms with Crippen molar-refractivity contribution >= 4 is 68.7 Å². The van der Waals surface area contributed by atoms with Crippen molar-refractivity contribution in [3.63, 3.8) is 0 Å². The van der Waals surface area contributed by atoms with Gasteiger partial charge in [-0.2, -0.15) is 0 Å². The van der Waals surface area contributed by atoms with Crippen molar-refractivity contribution in [1.29, 1.82) is 0 Å². The van der Waals surface area contributed by atoms with E-state index in [0.29, 0.717) is 0 Å². The molecule has 22 nitrogen and oxygen atoms in total. The van der Waals surface area contributed by atoms with E-state index in [1.807, 2.05) is 0 Å². The number of rotatable bonds is 8. The van der Waals surface area contributed by atoms with Crippen molar-refractivity contribution in [2.75, 3.05) is 0 Å². The number of phenolic OH excluding ortho intramolecular Hbond substituents is 2. The summed E-state index contributed by atoms with van der Waals surface area (Å²) in [4.78, 5) is 58.4. The van der Waals surface area contributed by atoms with Crippen LogP contribution in [0.3, 0.4) is 0 Å². The molecule has 0 radical (unpaired) electrons. The van der Waals surface area contributed by atoms with Crippen LogP contribution in [0, 0.1) is 60.7 Å². The number of benzene rings is 2. The van der Waals surface area contributed by atoms with E-state index >= 15 is 0 Å². The van der Waals surface area contributed by atoms with Gasteiger partial charge in [-0.3, -0.25) is 60.7 Å². The second-order valence-corrected chi connectivity index (χ2v) is 6.61. The largest absolute Gasteiger partial charge is 0.500 e. The molecule has 0 saturated heterocycles. The van der Waals surface area contributed by atoms with Crippen molar-refractivity contribution in [1.82, 2.24) is 0 Å². The lowest BCUT2D eigenvalue weighted by Gasteiger charge is -2.06. The van der Waals surface area contributed by atoms with Gasteiger partial charge in [-0.15, -0.1) is 10.2 Å². The fourth-order valence-corrected chi connectivity index (χ4v) is 3.25. The highest BCUT2D eigenvalue weighted by molar-refractivity contribution is 6.36. The van der Waals surface area contributed by atoms with Crippen LogP contribution in [0.15, 0.2) is 10.2 Å². The summed E-state index contributed by atoms with van der Waals surface area (Å²) in [6.07, 6.45) is 0. The predicted molar refractivity (Wildman–Crippen MR) is 110 cm³/mol. The number of azo groups is 1. The smallest absolute Gasteiger partial charge is 0.379 e. The predicted octanol–water partition coefficient (Wildman–Crippen LogP) is 4.27. The van der Waals surface area contributed by atoms with Gasteiger partial charge in [0.2, 0.25) is 32.9 Å². The Kier molecular flexibility index (Phi) is 7.07. The molecule has 0 fully saturated rings. The second kappa shape index (κ2) is 9.47. The number of nitrogens with zero attached hydrogens (tertiary/aromatic N) is 8. The van der Waals surface area contributed by atoms with Gasteiger partial charge in [0.05, 0.1) is 29.5 Å². The van der Waals surface area contributed by atoms with Crippen molar-refractivity contribution in [3.05, 3.63) is 70.7 Å². The minimum atomic E-state index is -1.84. The molecule has 0 aliphatic heterocycles. The summed E-state index contributed by atoms with van der Waals surface area (Å²) < 4.78 is 0. The highest BCUT2D eigenvalue weighted by Crippen LogP contribution is 2.57. The number of hydrogen-bond donors (Lipinski definition) is 2. The van der Waals surface area contributed by atoms with Crippen LogP contribution in [0.5, 0.6) is 11.5 Å². The van der Waals surface area contributed by atoms with E-state index in [4.69, 9.17) is 23.2 Å². The number of aromatic hydroxyl groups is 2. The first-order valence-corrected chi connectivity index (χ1v) is 8.76. The van der Waals surface area contributed by atoms with Crippen LogP contribution in [0.25, 0.3) is 0 Å². The summed E-state index contributed by atoms with van der Waals surface area (Å²) in [6.45, 7) is 0. The summed E-state index contributed by atoms with van der Waals surface area (Å²) in [5.74, 6) is -3.66. The Hall–Kier alpha value is -5.38. The molecule has 2 rings (SSSR count). The zero-order chi connectivity index (χ0) is 27.8. The molecule has 0 unspecified atom stereocenters. The molecule has 0 atom stereocenters. The first-order valence-electron chi connectivity index (χ1n) is 8.00. The third-order valence-electron chi connectivity index (χ3n) is 3.97. The first-order chi connectivity index (χ1) is 16.6. The minimum Gasteiger partial charge on any atom is -0.500 e. The summed E-state index contributed by atoms with van der Waals surface area (Å²) >= 11 is 10.9. The van der Waals surface area contributed by atoms with E-state index in [-0.39, 0.29) is 0 Å². The van der Waals surface area contributed by atoms with Crippen LogP contribution >= 0.6 is 23.2 Å². The van der Waals surface area contributed by atoms with Crippen LogP contribution in [-0.2, 0) is 0 Å². The molecular formula is C12H2Cl2N8O14. The van der Waals surface area contributed by atoms with E-state index in [1.165, 1.54) is 0 Å². The summed E-state index contributed by atoms with van der Waals surface area (Å²) in [6, 6.07) is 0. The van der Waals surface area contributed by atoms with Gasteiger partial charge < -0.3 is 10.2 Å². The van der Waals surface area contributed by atoms with Gasteiger partial charge in [0.1, 0.15) is 0 Å². The third-order valence-corrected chi connectivity index (χ3v) is 4.69. The molecular weight excluding hydrogens is 551 g/mol. The fourth-order valence-electron chi connectivity index (χ4n) is 2.61. The summed E-state index contributed by atoms with van der Waals surface area (Å²) in [7, 11) is 0. The molecule has 2 N–H and O–H groups in total. The number of hydrogen-bond acceptors (Lipinski definition) is 16. The number of halogens is 2. The molecule has 0 aliphatic carbocycles. The van der Waals surface area contributed by atoms with Crippen LogP contribution in [0.2, 0.25) is 10.0 Å². The van der Waals surface area contributed by atoms with Gasteiger partial charge in [0.15, 0.2) is 0 Å². The molecule has 188 valence electrons. The molecule has 0 aromatic heterocycles. The van der Waals surface area contributed by atoms with Gasteiger partial charge in [-0.25, -0.2) is 0 Å². The Morgan fingerprint density at radius 3 is 0.889 bits per heavy atom. The average Bonchev–Trinajstić information content (AvgIpc) is 2.71. The van der Waals surface area contributed by atoms with Gasteiger partial charge in [0, 0.05) is 0 Å². The molecule has 2 aromatic carbocycles. The van der Waals surface area contributed by atoms with Crippen molar-refractivity contribution < 1.29 is 39.8 Å². The zero-order valence-corrected chi connectivity index (χ0v) is 17.6. The molecule has 0 heterocycles. The molecule has 0 spiro atoms. The summed E-state index contributed by atoms with van der Waals surface area (Å²) in [5.41, 5.74) is -14.1. The monoisotopic (exact) mass is 552 g/mol. The molecule has 2 aromatic rings. The van der Waals surface area contributed by atoms with Crippen LogP contribution in [-0.4, -0.2) is 39.8 Å². The Morgan fingerprint density at radius 1 is 0.472 bits per heavy atom. The Labute approximate surface area is 201 Å². The number of phenols is 2. The Bertz CT molecular complexity index is 1350.